The minimum atomic E-state index is 0.542. The van der Waals surface area contributed by atoms with Crippen LogP contribution in [0.5, 0.6) is 0 Å². The monoisotopic (exact) mass is 369 g/mol. The number of nitrogens with one attached hydrogen (secondary N) is 1. The van der Waals surface area contributed by atoms with E-state index < -0.39 is 0 Å². The summed E-state index contributed by atoms with van der Waals surface area (Å²) in [4.78, 5) is 0. The first-order chi connectivity index (χ1) is 12.6. The predicted octanol–water partition coefficient (Wildman–Crippen LogP) is 6.29. The van der Waals surface area contributed by atoms with Crippen LogP contribution >= 0.6 is 11.6 Å². The molecule has 4 aliphatic rings. The molecule has 1 heterocycles. The van der Waals surface area contributed by atoms with Crippen LogP contribution in [-0.2, 0) is 6.54 Å². The van der Waals surface area contributed by atoms with E-state index in [4.69, 9.17) is 16.0 Å². The van der Waals surface area contributed by atoms with Gasteiger partial charge in [-0.25, -0.2) is 0 Å². The van der Waals surface area contributed by atoms with Crippen LogP contribution in [0.2, 0.25) is 5.02 Å². The Hall–Kier alpha value is -1.25. The Morgan fingerprint density at radius 2 is 1.62 bits per heavy atom. The smallest absolute Gasteiger partial charge is 0.134 e. The van der Waals surface area contributed by atoms with Crippen molar-refractivity contribution in [3.8, 4) is 11.3 Å². The number of hydrogen-bond donors (Lipinski definition) is 1. The third kappa shape index (κ3) is 3.01. The molecule has 1 N–H and O–H groups in total. The highest BCUT2D eigenvalue weighted by molar-refractivity contribution is 6.30. The van der Waals surface area contributed by atoms with Gasteiger partial charge in [-0.2, -0.15) is 0 Å². The van der Waals surface area contributed by atoms with Crippen molar-refractivity contribution in [1.82, 2.24) is 5.32 Å². The van der Waals surface area contributed by atoms with Crippen LogP contribution in [0.25, 0.3) is 11.3 Å². The molecule has 1 aromatic heterocycles. The minimum Gasteiger partial charge on any atom is -0.460 e. The van der Waals surface area contributed by atoms with Gasteiger partial charge in [0.2, 0.25) is 0 Å². The lowest BCUT2D eigenvalue weighted by Gasteiger charge is -2.59. The summed E-state index contributed by atoms with van der Waals surface area (Å²) >= 11 is 5.98. The Bertz CT molecular complexity index is 742. The minimum absolute atomic E-state index is 0.542. The van der Waals surface area contributed by atoms with Crippen LogP contribution in [0.1, 0.15) is 51.2 Å². The number of hydrogen-bond acceptors (Lipinski definition) is 2. The van der Waals surface area contributed by atoms with Gasteiger partial charge in [-0.05, 0) is 105 Å². The SMILES string of the molecule is CC(NCc1ccc(-c2ccc(Cl)cc2)o1)C12CC3CC(CC(C3)C1)C2. The average molecular weight is 370 g/mol. The Balaban J connectivity index is 1.25. The van der Waals surface area contributed by atoms with Crippen molar-refractivity contribution in [3.63, 3.8) is 0 Å². The highest BCUT2D eigenvalue weighted by atomic mass is 35.5. The van der Waals surface area contributed by atoms with Gasteiger partial charge in [0, 0.05) is 16.6 Å². The first-order valence-electron chi connectivity index (χ1n) is 10.2. The van der Waals surface area contributed by atoms with E-state index in [0.29, 0.717) is 11.5 Å². The molecule has 26 heavy (non-hydrogen) atoms. The molecule has 4 bridgehead atoms. The van der Waals surface area contributed by atoms with Gasteiger partial charge in [0.15, 0.2) is 0 Å². The summed E-state index contributed by atoms with van der Waals surface area (Å²) in [5.41, 5.74) is 1.62. The highest BCUT2D eigenvalue weighted by Gasteiger charge is 2.52. The molecule has 3 heteroatoms. The summed E-state index contributed by atoms with van der Waals surface area (Å²) in [6, 6.07) is 12.6. The standard InChI is InChI=1S/C23H28ClNO/c1-15(23-11-16-8-17(12-23)10-18(9-16)13-23)25-14-21-6-7-22(26-21)19-2-4-20(24)5-3-19/h2-7,15-18,25H,8-14H2,1H3. The van der Waals surface area contributed by atoms with Crippen molar-refractivity contribution in [2.45, 2.75) is 58.0 Å². The van der Waals surface area contributed by atoms with E-state index in [0.717, 1.165) is 46.4 Å². The maximum Gasteiger partial charge on any atom is 0.134 e. The van der Waals surface area contributed by atoms with E-state index >= 15 is 0 Å². The maximum absolute atomic E-state index is 6.07. The molecule has 6 rings (SSSR count). The Kier molecular flexibility index (Phi) is 4.17. The summed E-state index contributed by atoms with van der Waals surface area (Å²) in [6.07, 6.45) is 8.86. The van der Waals surface area contributed by atoms with Crippen molar-refractivity contribution in [3.05, 3.63) is 47.2 Å². The first kappa shape index (κ1) is 16.9. The number of halogens is 1. The Morgan fingerprint density at radius 1 is 1.00 bits per heavy atom. The lowest BCUT2D eigenvalue weighted by molar-refractivity contribution is -0.0708. The Morgan fingerprint density at radius 3 is 2.23 bits per heavy atom. The van der Waals surface area contributed by atoms with Gasteiger partial charge in [-0.15, -0.1) is 0 Å². The van der Waals surface area contributed by atoms with Gasteiger partial charge in [0.25, 0.3) is 0 Å². The van der Waals surface area contributed by atoms with E-state index in [2.05, 4.69) is 24.4 Å². The zero-order chi connectivity index (χ0) is 17.7. The topological polar surface area (TPSA) is 25.2 Å². The summed E-state index contributed by atoms with van der Waals surface area (Å²) in [5, 5.41) is 4.57. The second kappa shape index (κ2) is 6.42. The third-order valence-corrected chi connectivity index (χ3v) is 7.63. The highest BCUT2D eigenvalue weighted by Crippen LogP contribution is 2.61. The summed E-state index contributed by atoms with van der Waals surface area (Å²) in [6.45, 7) is 3.23. The van der Waals surface area contributed by atoms with Gasteiger partial charge in [-0.1, -0.05) is 11.6 Å². The van der Waals surface area contributed by atoms with Crippen LogP contribution in [0.4, 0.5) is 0 Å². The summed E-state index contributed by atoms with van der Waals surface area (Å²) in [5.74, 6) is 4.95. The number of furan rings is 1. The van der Waals surface area contributed by atoms with E-state index in [1.807, 2.05) is 24.3 Å². The van der Waals surface area contributed by atoms with Gasteiger partial charge in [-0.3, -0.25) is 0 Å². The van der Waals surface area contributed by atoms with E-state index in [9.17, 15) is 0 Å². The first-order valence-corrected chi connectivity index (χ1v) is 10.6. The van der Waals surface area contributed by atoms with E-state index in [1.165, 1.54) is 38.5 Å². The quantitative estimate of drug-likeness (QED) is 0.669. The molecular weight excluding hydrogens is 342 g/mol. The van der Waals surface area contributed by atoms with Crippen molar-refractivity contribution in [2.75, 3.05) is 0 Å². The van der Waals surface area contributed by atoms with Gasteiger partial charge in [0.05, 0.1) is 6.54 Å². The van der Waals surface area contributed by atoms with Crippen molar-refractivity contribution < 1.29 is 4.42 Å². The predicted molar refractivity (Wildman–Crippen MR) is 106 cm³/mol. The second-order valence-electron chi connectivity index (χ2n) is 9.16. The van der Waals surface area contributed by atoms with Crippen LogP contribution in [0.15, 0.2) is 40.8 Å². The van der Waals surface area contributed by atoms with Gasteiger partial charge >= 0.3 is 0 Å². The molecule has 1 aromatic carbocycles. The molecule has 4 aliphatic carbocycles. The molecule has 4 fully saturated rings. The fourth-order valence-electron chi connectivity index (χ4n) is 6.42. The third-order valence-electron chi connectivity index (χ3n) is 7.38. The normalized spacial score (nSPS) is 33.5. The van der Waals surface area contributed by atoms with Crippen molar-refractivity contribution in [2.24, 2.45) is 23.2 Å². The van der Waals surface area contributed by atoms with Gasteiger partial charge < -0.3 is 9.73 Å². The molecule has 0 spiro atoms. The van der Waals surface area contributed by atoms with Crippen LogP contribution in [0.3, 0.4) is 0 Å². The molecule has 2 aromatic rings. The lowest BCUT2D eigenvalue weighted by atomic mass is 9.48. The molecule has 1 unspecified atom stereocenters. The van der Waals surface area contributed by atoms with Crippen molar-refractivity contribution in [1.29, 1.82) is 0 Å². The van der Waals surface area contributed by atoms with Crippen LogP contribution in [0, 0.1) is 23.2 Å². The molecule has 0 radical (unpaired) electrons. The largest absolute Gasteiger partial charge is 0.460 e. The molecule has 0 amide bonds. The molecule has 0 aliphatic heterocycles. The number of benzene rings is 1. The molecule has 0 saturated heterocycles. The van der Waals surface area contributed by atoms with Crippen molar-refractivity contribution >= 4 is 11.6 Å². The molecule has 138 valence electrons. The maximum atomic E-state index is 6.07. The lowest BCUT2D eigenvalue weighted by Crippen LogP contribution is -2.54. The summed E-state index contributed by atoms with van der Waals surface area (Å²) in [7, 11) is 0. The zero-order valence-electron chi connectivity index (χ0n) is 15.5. The van der Waals surface area contributed by atoms with E-state index in [-0.39, 0.29) is 0 Å². The molecule has 2 nitrogen and oxygen atoms in total. The molecular formula is C23H28ClNO. The fourth-order valence-corrected chi connectivity index (χ4v) is 6.55. The van der Waals surface area contributed by atoms with E-state index in [1.54, 1.807) is 0 Å². The second-order valence-corrected chi connectivity index (χ2v) is 9.59. The van der Waals surface area contributed by atoms with Crippen LogP contribution < -0.4 is 5.32 Å². The molecule has 1 atom stereocenters. The van der Waals surface area contributed by atoms with Gasteiger partial charge in [0.1, 0.15) is 11.5 Å². The number of rotatable bonds is 5. The van der Waals surface area contributed by atoms with Crippen LogP contribution in [-0.4, -0.2) is 6.04 Å². The zero-order valence-corrected chi connectivity index (χ0v) is 16.3. The fraction of sp³-hybridized carbons (Fsp3) is 0.565. The molecule has 4 saturated carbocycles. The average Bonchev–Trinajstić information content (AvgIpc) is 3.08. The Labute approximate surface area is 161 Å². The summed E-state index contributed by atoms with van der Waals surface area (Å²) < 4.78 is 6.07.